The fourth-order valence-electron chi connectivity index (χ4n) is 1.48. The molecule has 4 heteroatoms. The number of carbonyl (C=O) groups excluding carboxylic acids is 1. The second-order valence-electron chi connectivity index (χ2n) is 3.37. The zero-order valence-electron chi connectivity index (χ0n) is 8.80. The molecule has 0 saturated heterocycles. The number of rotatable bonds is 4. The van der Waals surface area contributed by atoms with E-state index in [-0.39, 0.29) is 5.78 Å². The summed E-state index contributed by atoms with van der Waals surface area (Å²) < 4.78 is 4.03. The Hall–Kier alpha value is -1.84. The highest BCUT2D eigenvalue weighted by Crippen LogP contribution is 2.17. The summed E-state index contributed by atoms with van der Waals surface area (Å²) in [4.78, 5) is 16.7. The average molecular weight is 249 g/mol. The minimum absolute atomic E-state index is 0.0781. The van der Waals surface area contributed by atoms with Crippen molar-refractivity contribution in [3.8, 4) is 5.75 Å². The van der Waals surface area contributed by atoms with E-state index in [9.17, 15) is 4.79 Å². The van der Waals surface area contributed by atoms with Gasteiger partial charge < -0.3 is 4.89 Å². The molecule has 2 aromatic rings. The van der Waals surface area contributed by atoms with Crippen LogP contribution in [0.5, 0.6) is 5.75 Å². The van der Waals surface area contributed by atoms with E-state index >= 15 is 0 Å². The van der Waals surface area contributed by atoms with E-state index in [0.29, 0.717) is 16.9 Å². The molecular formula is C13H9ClO3. The Morgan fingerprint density at radius 2 is 1.65 bits per heavy atom. The van der Waals surface area contributed by atoms with Crippen molar-refractivity contribution in [2.24, 2.45) is 0 Å². The minimum Gasteiger partial charge on any atom is -0.320 e. The Labute approximate surface area is 104 Å². The topological polar surface area (TPSA) is 35.5 Å². The van der Waals surface area contributed by atoms with Crippen LogP contribution in [0, 0.1) is 0 Å². The van der Waals surface area contributed by atoms with Gasteiger partial charge in [-0.2, -0.15) is 0 Å². The first kappa shape index (κ1) is 11.6. The van der Waals surface area contributed by atoms with Gasteiger partial charge in [-0.3, -0.25) is 4.79 Å². The van der Waals surface area contributed by atoms with Crippen LogP contribution < -0.4 is 4.89 Å². The Morgan fingerprint density at radius 3 is 2.35 bits per heavy atom. The van der Waals surface area contributed by atoms with Crippen LogP contribution in [0.4, 0.5) is 0 Å². The van der Waals surface area contributed by atoms with Crippen molar-refractivity contribution >= 4 is 17.6 Å². The Kier molecular flexibility index (Phi) is 3.75. The summed E-state index contributed by atoms with van der Waals surface area (Å²) in [6.45, 7) is 0. The van der Waals surface area contributed by atoms with Crippen LogP contribution in [0.3, 0.4) is 0 Å². The van der Waals surface area contributed by atoms with Crippen molar-refractivity contribution in [3.05, 3.63) is 65.7 Å². The first-order valence-electron chi connectivity index (χ1n) is 4.96. The largest absolute Gasteiger partial charge is 0.320 e. The number of ketones is 1. The van der Waals surface area contributed by atoms with Crippen LogP contribution in [0.15, 0.2) is 54.6 Å². The van der Waals surface area contributed by atoms with E-state index in [1.54, 1.807) is 36.4 Å². The maximum absolute atomic E-state index is 12.1. The van der Waals surface area contributed by atoms with Crippen molar-refractivity contribution < 1.29 is 14.1 Å². The van der Waals surface area contributed by atoms with Gasteiger partial charge in [0.15, 0.2) is 11.5 Å². The summed E-state index contributed by atoms with van der Waals surface area (Å²) in [5, 5.41) is 0. The van der Waals surface area contributed by atoms with Gasteiger partial charge in [0.25, 0.3) is 0 Å². The molecule has 0 aliphatic heterocycles. The third-order valence-corrected chi connectivity index (χ3v) is 2.32. The van der Waals surface area contributed by atoms with Gasteiger partial charge in [0.05, 0.1) is 0 Å². The molecule has 0 saturated carbocycles. The number of halogens is 1. The Morgan fingerprint density at radius 1 is 0.941 bits per heavy atom. The van der Waals surface area contributed by atoms with Gasteiger partial charge in [-0.25, -0.2) is 0 Å². The standard InChI is InChI=1S/C13H9ClO3/c14-17-16-12-8-4-7-11(9-12)13(15)10-5-2-1-3-6-10/h1-9H. The molecule has 17 heavy (non-hydrogen) atoms. The molecule has 86 valence electrons. The molecule has 0 aromatic heterocycles. The molecule has 2 aromatic carbocycles. The van der Waals surface area contributed by atoms with E-state index < -0.39 is 0 Å². The van der Waals surface area contributed by atoms with Crippen LogP contribution in [0.1, 0.15) is 15.9 Å². The summed E-state index contributed by atoms with van der Waals surface area (Å²) in [5.74, 6) is 0.299. The number of hydrogen-bond acceptors (Lipinski definition) is 3. The lowest BCUT2D eigenvalue weighted by Gasteiger charge is -2.03. The molecule has 3 nitrogen and oxygen atoms in total. The first-order chi connectivity index (χ1) is 8.31. The highest BCUT2D eigenvalue weighted by atomic mass is 35.5. The van der Waals surface area contributed by atoms with Gasteiger partial charge in [0, 0.05) is 11.1 Å². The second-order valence-corrected chi connectivity index (χ2v) is 3.50. The van der Waals surface area contributed by atoms with E-state index in [1.165, 1.54) is 0 Å². The SMILES string of the molecule is O=C(c1ccccc1)c1cccc(OOCl)c1. The third-order valence-electron chi connectivity index (χ3n) is 2.26. The summed E-state index contributed by atoms with van der Waals surface area (Å²) in [6.07, 6.45) is 0. The Bertz CT molecular complexity index is 511. The number of benzene rings is 2. The minimum atomic E-state index is -0.0781. The van der Waals surface area contributed by atoms with Crippen LogP contribution in [0.2, 0.25) is 0 Å². The van der Waals surface area contributed by atoms with Crippen LogP contribution in [-0.2, 0) is 4.44 Å². The monoisotopic (exact) mass is 248 g/mol. The van der Waals surface area contributed by atoms with Gasteiger partial charge in [0.1, 0.15) is 11.9 Å². The summed E-state index contributed by atoms with van der Waals surface area (Å²) in [7, 11) is 0. The molecule has 0 N–H and O–H groups in total. The molecule has 0 fully saturated rings. The van der Waals surface area contributed by atoms with Crippen molar-refractivity contribution in [1.82, 2.24) is 0 Å². The van der Waals surface area contributed by atoms with Crippen molar-refractivity contribution in [3.63, 3.8) is 0 Å². The first-order valence-corrected chi connectivity index (χ1v) is 5.27. The molecule has 0 atom stereocenters. The quantitative estimate of drug-likeness (QED) is 0.473. The van der Waals surface area contributed by atoms with E-state index in [2.05, 4.69) is 9.33 Å². The van der Waals surface area contributed by atoms with Crippen LogP contribution in [-0.4, -0.2) is 5.78 Å². The predicted octanol–water partition coefficient (Wildman–Crippen LogP) is 3.38. The number of hydrogen-bond donors (Lipinski definition) is 0. The van der Waals surface area contributed by atoms with Crippen molar-refractivity contribution in [2.75, 3.05) is 0 Å². The van der Waals surface area contributed by atoms with Crippen molar-refractivity contribution in [2.45, 2.75) is 0 Å². The fraction of sp³-hybridized carbons (Fsp3) is 0. The highest BCUT2D eigenvalue weighted by Gasteiger charge is 2.09. The summed E-state index contributed by atoms with van der Waals surface area (Å²) in [6, 6.07) is 15.6. The average Bonchev–Trinajstić information content (AvgIpc) is 2.40. The molecule has 0 heterocycles. The maximum Gasteiger partial charge on any atom is 0.193 e. The molecule has 0 radical (unpaired) electrons. The fourth-order valence-corrected chi connectivity index (χ4v) is 1.55. The third kappa shape index (κ3) is 2.84. The summed E-state index contributed by atoms with van der Waals surface area (Å²) >= 11 is 4.98. The predicted molar refractivity (Wildman–Crippen MR) is 63.9 cm³/mol. The zero-order chi connectivity index (χ0) is 12.1. The van der Waals surface area contributed by atoms with E-state index in [4.69, 9.17) is 11.9 Å². The van der Waals surface area contributed by atoms with Gasteiger partial charge in [-0.05, 0) is 12.1 Å². The summed E-state index contributed by atoms with van der Waals surface area (Å²) in [5.41, 5.74) is 1.14. The van der Waals surface area contributed by atoms with E-state index in [1.807, 2.05) is 18.2 Å². The maximum atomic E-state index is 12.1. The van der Waals surface area contributed by atoms with Gasteiger partial charge in [0.2, 0.25) is 0 Å². The van der Waals surface area contributed by atoms with E-state index in [0.717, 1.165) is 0 Å². The molecular weight excluding hydrogens is 240 g/mol. The molecule has 0 bridgehead atoms. The lowest BCUT2D eigenvalue weighted by Crippen LogP contribution is -2.01. The molecule has 0 amide bonds. The molecule has 0 spiro atoms. The van der Waals surface area contributed by atoms with Crippen LogP contribution >= 0.6 is 11.9 Å². The van der Waals surface area contributed by atoms with Crippen molar-refractivity contribution in [1.29, 1.82) is 0 Å². The molecule has 2 rings (SSSR count). The Balaban J connectivity index is 2.28. The second kappa shape index (κ2) is 5.48. The molecule has 0 unspecified atom stereocenters. The van der Waals surface area contributed by atoms with Gasteiger partial charge in [-0.1, -0.05) is 46.9 Å². The highest BCUT2D eigenvalue weighted by molar-refractivity contribution is 6.09. The van der Waals surface area contributed by atoms with Crippen LogP contribution in [0.25, 0.3) is 0 Å². The zero-order valence-corrected chi connectivity index (χ0v) is 9.55. The lowest BCUT2D eigenvalue weighted by molar-refractivity contribution is -0.0918. The van der Waals surface area contributed by atoms with Gasteiger partial charge in [-0.15, -0.1) is 0 Å². The smallest absolute Gasteiger partial charge is 0.193 e. The normalized spacial score (nSPS) is 9.94. The lowest BCUT2D eigenvalue weighted by atomic mass is 10.0. The number of carbonyl (C=O) groups is 1. The molecule has 0 aliphatic carbocycles. The van der Waals surface area contributed by atoms with Gasteiger partial charge >= 0.3 is 0 Å². The molecule has 0 aliphatic rings.